The van der Waals surface area contributed by atoms with Crippen LogP contribution in [-0.2, 0) is 10.0 Å². The first-order valence-electron chi connectivity index (χ1n) is 9.36. The van der Waals surface area contributed by atoms with E-state index in [1.54, 1.807) is 12.1 Å². The second-order valence-electron chi connectivity index (χ2n) is 6.96. The molecule has 0 unspecified atom stereocenters. The van der Waals surface area contributed by atoms with Gasteiger partial charge in [-0.15, -0.1) is 0 Å². The molecule has 0 bridgehead atoms. The fourth-order valence-electron chi connectivity index (χ4n) is 3.15. The minimum absolute atomic E-state index is 0.274. The molecular formula is C21H29N3O2S2. The van der Waals surface area contributed by atoms with E-state index < -0.39 is 10.0 Å². The number of anilines is 2. The van der Waals surface area contributed by atoms with Crippen LogP contribution in [-0.4, -0.2) is 30.9 Å². The van der Waals surface area contributed by atoms with Crippen LogP contribution in [0.2, 0.25) is 0 Å². The average molecular weight is 420 g/mol. The Morgan fingerprint density at radius 3 is 2.04 bits per heavy atom. The Hall–Kier alpha value is -1.96. The molecule has 0 aliphatic rings. The summed E-state index contributed by atoms with van der Waals surface area (Å²) in [6.45, 7) is 12.5. The molecule has 0 aromatic heterocycles. The van der Waals surface area contributed by atoms with Gasteiger partial charge in [-0.1, -0.05) is 19.9 Å². The minimum Gasteiger partial charge on any atom is -0.332 e. The van der Waals surface area contributed by atoms with Crippen LogP contribution in [0.25, 0.3) is 0 Å². The van der Waals surface area contributed by atoms with Gasteiger partial charge in [0.05, 0.1) is 4.90 Å². The number of rotatable bonds is 6. The van der Waals surface area contributed by atoms with E-state index in [4.69, 9.17) is 12.2 Å². The molecule has 0 amide bonds. The highest BCUT2D eigenvalue weighted by Crippen LogP contribution is 2.26. The van der Waals surface area contributed by atoms with Crippen molar-refractivity contribution in [2.45, 2.75) is 46.4 Å². The van der Waals surface area contributed by atoms with Gasteiger partial charge in [0.1, 0.15) is 0 Å². The van der Waals surface area contributed by atoms with Crippen molar-refractivity contribution in [1.29, 1.82) is 0 Å². The first-order valence-corrected chi connectivity index (χ1v) is 11.2. The molecule has 2 N–H and O–H groups in total. The van der Waals surface area contributed by atoms with Gasteiger partial charge in [0.2, 0.25) is 10.0 Å². The summed E-state index contributed by atoms with van der Waals surface area (Å²) in [5.74, 6) is 0. The molecule has 28 heavy (non-hydrogen) atoms. The number of thiocarbonyl (C=S) groups is 1. The number of nitrogens with one attached hydrogen (secondary N) is 2. The van der Waals surface area contributed by atoms with Crippen molar-refractivity contribution in [2.24, 2.45) is 0 Å². The third-order valence-corrected chi connectivity index (χ3v) is 6.94. The minimum atomic E-state index is -3.54. The van der Waals surface area contributed by atoms with Crippen molar-refractivity contribution in [1.82, 2.24) is 4.31 Å². The molecule has 5 nitrogen and oxygen atoms in total. The van der Waals surface area contributed by atoms with Crippen molar-refractivity contribution in [3.05, 3.63) is 52.6 Å². The molecule has 152 valence electrons. The predicted octanol–water partition coefficient (Wildman–Crippen LogP) is 4.76. The summed E-state index contributed by atoms with van der Waals surface area (Å²) >= 11 is 5.46. The predicted molar refractivity (Wildman–Crippen MR) is 122 cm³/mol. The van der Waals surface area contributed by atoms with E-state index in [0.29, 0.717) is 23.9 Å². The molecule has 2 rings (SSSR count). The standard InChI is InChI=1S/C21H29N3O2S2/c1-7-24(8-2)28(25,26)19-12-16(5)17(6)20(13-19)23-21(27)22-18-10-14(3)9-15(4)11-18/h9-13H,7-8H2,1-6H3,(H2,22,23,27). The van der Waals surface area contributed by atoms with E-state index >= 15 is 0 Å². The lowest BCUT2D eigenvalue weighted by molar-refractivity contribution is 0.445. The fourth-order valence-corrected chi connectivity index (χ4v) is 4.95. The van der Waals surface area contributed by atoms with Crippen LogP contribution in [0, 0.1) is 27.7 Å². The Labute approximate surface area is 174 Å². The van der Waals surface area contributed by atoms with Crippen molar-refractivity contribution in [3.8, 4) is 0 Å². The van der Waals surface area contributed by atoms with Gasteiger partial charge in [-0.05, 0) is 86.4 Å². The molecule has 7 heteroatoms. The molecule has 0 saturated carbocycles. The van der Waals surface area contributed by atoms with Gasteiger partial charge < -0.3 is 10.6 Å². The first-order chi connectivity index (χ1) is 13.1. The quantitative estimate of drug-likeness (QED) is 0.661. The van der Waals surface area contributed by atoms with Crippen LogP contribution in [0.3, 0.4) is 0 Å². The van der Waals surface area contributed by atoms with Gasteiger partial charge in [0, 0.05) is 24.5 Å². The second kappa shape index (κ2) is 9.03. The van der Waals surface area contributed by atoms with Crippen LogP contribution in [0.1, 0.15) is 36.1 Å². The molecule has 0 aliphatic heterocycles. The number of aryl methyl sites for hydroxylation is 3. The summed E-state index contributed by atoms with van der Waals surface area (Å²) in [4.78, 5) is 0.274. The third kappa shape index (κ3) is 5.10. The van der Waals surface area contributed by atoms with E-state index in [1.165, 1.54) is 4.31 Å². The molecule has 2 aromatic carbocycles. The fraction of sp³-hybridized carbons (Fsp3) is 0.381. The normalized spacial score (nSPS) is 11.5. The summed E-state index contributed by atoms with van der Waals surface area (Å²) in [6.07, 6.45) is 0. The molecule has 0 atom stereocenters. The van der Waals surface area contributed by atoms with Gasteiger partial charge in [0.15, 0.2) is 5.11 Å². The number of nitrogens with zero attached hydrogens (tertiary/aromatic N) is 1. The molecule has 0 heterocycles. The Morgan fingerprint density at radius 1 is 0.929 bits per heavy atom. The largest absolute Gasteiger partial charge is 0.332 e. The highest BCUT2D eigenvalue weighted by atomic mass is 32.2. The summed E-state index contributed by atoms with van der Waals surface area (Å²) < 4.78 is 27.3. The van der Waals surface area contributed by atoms with Gasteiger partial charge in [-0.3, -0.25) is 0 Å². The highest BCUT2D eigenvalue weighted by molar-refractivity contribution is 7.89. The molecule has 0 spiro atoms. The van der Waals surface area contributed by atoms with E-state index in [1.807, 2.05) is 53.7 Å². The Morgan fingerprint density at radius 2 is 1.50 bits per heavy atom. The van der Waals surface area contributed by atoms with Crippen LogP contribution in [0.5, 0.6) is 0 Å². The smallest absolute Gasteiger partial charge is 0.243 e. The molecule has 0 fully saturated rings. The first kappa shape index (κ1) is 22.3. The van der Waals surface area contributed by atoms with Crippen LogP contribution >= 0.6 is 12.2 Å². The number of hydrogen-bond acceptors (Lipinski definition) is 3. The molecule has 0 radical (unpaired) electrons. The summed E-state index contributed by atoms with van der Waals surface area (Å²) in [7, 11) is -3.54. The van der Waals surface area contributed by atoms with E-state index in [-0.39, 0.29) is 4.90 Å². The zero-order valence-corrected chi connectivity index (χ0v) is 19.0. The van der Waals surface area contributed by atoms with Gasteiger partial charge >= 0.3 is 0 Å². The molecular weight excluding hydrogens is 390 g/mol. The SMILES string of the molecule is CCN(CC)S(=O)(=O)c1cc(C)c(C)c(NC(=S)Nc2cc(C)cc(C)c2)c1. The summed E-state index contributed by atoms with van der Waals surface area (Å²) in [5, 5.41) is 6.77. The van der Waals surface area contributed by atoms with Gasteiger partial charge in [0.25, 0.3) is 0 Å². The van der Waals surface area contributed by atoms with E-state index in [9.17, 15) is 8.42 Å². The number of sulfonamides is 1. The van der Waals surface area contributed by atoms with Crippen molar-refractivity contribution in [3.63, 3.8) is 0 Å². The maximum absolute atomic E-state index is 12.9. The summed E-state index contributed by atoms with van der Waals surface area (Å²) in [6, 6.07) is 9.50. The van der Waals surface area contributed by atoms with Crippen molar-refractivity contribution in [2.75, 3.05) is 23.7 Å². The van der Waals surface area contributed by atoms with Crippen molar-refractivity contribution >= 4 is 38.7 Å². The lowest BCUT2D eigenvalue weighted by Gasteiger charge is -2.21. The molecule has 2 aromatic rings. The zero-order valence-electron chi connectivity index (χ0n) is 17.4. The number of benzene rings is 2. The highest BCUT2D eigenvalue weighted by Gasteiger charge is 2.23. The Kier molecular flexibility index (Phi) is 7.20. The zero-order chi connectivity index (χ0) is 21.1. The van der Waals surface area contributed by atoms with E-state index in [2.05, 4.69) is 16.7 Å². The second-order valence-corrected chi connectivity index (χ2v) is 9.30. The average Bonchev–Trinajstić information content (AvgIpc) is 2.58. The monoisotopic (exact) mass is 419 g/mol. The topological polar surface area (TPSA) is 61.4 Å². The van der Waals surface area contributed by atoms with Crippen LogP contribution < -0.4 is 10.6 Å². The maximum Gasteiger partial charge on any atom is 0.243 e. The van der Waals surface area contributed by atoms with Gasteiger partial charge in [-0.2, -0.15) is 4.31 Å². The van der Waals surface area contributed by atoms with Gasteiger partial charge in [-0.25, -0.2) is 8.42 Å². The van der Waals surface area contributed by atoms with Crippen LogP contribution in [0.15, 0.2) is 35.2 Å². The lowest BCUT2D eigenvalue weighted by Crippen LogP contribution is -2.31. The lowest BCUT2D eigenvalue weighted by atomic mass is 10.1. The number of hydrogen-bond donors (Lipinski definition) is 2. The maximum atomic E-state index is 12.9. The van der Waals surface area contributed by atoms with Crippen molar-refractivity contribution < 1.29 is 8.42 Å². The third-order valence-electron chi connectivity index (χ3n) is 4.71. The molecule has 0 aliphatic carbocycles. The van der Waals surface area contributed by atoms with E-state index in [0.717, 1.165) is 27.9 Å². The Balaban J connectivity index is 2.32. The Bertz CT molecular complexity index is 961. The van der Waals surface area contributed by atoms with Crippen LogP contribution in [0.4, 0.5) is 11.4 Å². The summed E-state index contributed by atoms with van der Waals surface area (Å²) in [5.41, 5.74) is 5.73. The molecule has 0 saturated heterocycles.